The predicted molar refractivity (Wildman–Crippen MR) is 43.7 cm³/mol. The van der Waals surface area contributed by atoms with E-state index in [1.807, 2.05) is 18.5 Å². The average Bonchev–Trinajstić information content (AvgIpc) is 2.30. The maximum atomic E-state index is 9.08. The molecule has 3 heteroatoms. The lowest BCUT2D eigenvalue weighted by molar-refractivity contribution is 0.423. The molecule has 1 aromatic heterocycles. The number of hydrogen-bond acceptors (Lipinski definition) is 2. The summed E-state index contributed by atoms with van der Waals surface area (Å²) in [7, 11) is 0. The van der Waals surface area contributed by atoms with E-state index in [1.54, 1.807) is 6.07 Å². The smallest absolute Gasteiger partial charge is 0.230 e. The van der Waals surface area contributed by atoms with E-state index in [0.29, 0.717) is 6.04 Å². The van der Waals surface area contributed by atoms with Gasteiger partial charge in [0.2, 0.25) is 5.88 Å². The lowest BCUT2D eigenvalue weighted by atomic mass is 10.3. The minimum Gasteiger partial charge on any atom is -0.492 e. The molecule has 0 amide bonds. The van der Waals surface area contributed by atoms with Crippen molar-refractivity contribution in [1.29, 1.82) is 0 Å². The molecule has 11 heavy (non-hydrogen) atoms. The summed E-state index contributed by atoms with van der Waals surface area (Å²) in [5.74, 6) is 0.121. The van der Waals surface area contributed by atoms with Crippen molar-refractivity contribution in [1.82, 2.24) is 9.78 Å². The molecule has 1 N–H and O–H groups in total. The Morgan fingerprint density at radius 1 is 1.64 bits per heavy atom. The highest BCUT2D eigenvalue weighted by Gasteiger charge is 2.06. The van der Waals surface area contributed by atoms with Crippen LogP contribution in [0.4, 0.5) is 0 Å². The largest absolute Gasteiger partial charge is 0.492 e. The van der Waals surface area contributed by atoms with Crippen LogP contribution in [0.2, 0.25) is 0 Å². The van der Waals surface area contributed by atoms with Gasteiger partial charge in [-0.3, -0.25) is 4.68 Å². The van der Waals surface area contributed by atoms with Gasteiger partial charge in [-0.25, -0.2) is 0 Å². The quantitative estimate of drug-likeness (QED) is 0.704. The van der Waals surface area contributed by atoms with E-state index < -0.39 is 0 Å². The molecule has 0 saturated heterocycles. The number of aromatic hydroxyl groups is 1. The topological polar surface area (TPSA) is 38.1 Å². The lowest BCUT2D eigenvalue weighted by Crippen LogP contribution is -2.06. The van der Waals surface area contributed by atoms with Crippen LogP contribution in [0.3, 0.4) is 0 Å². The lowest BCUT2D eigenvalue weighted by Gasteiger charge is -2.07. The van der Waals surface area contributed by atoms with Crippen LogP contribution in [0.25, 0.3) is 0 Å². The fraction of sp³-hybridized carbons (Fsp3) is 0.625. The third-order valence-corrected chi connectivity index (χ3v) is 1.65. The van der Waals surface area contributed by atoms with Crippen LogP contribution in [0, 0.1) is 0 Å². The van der Waals surface area contributed by atoms with Crippen LogP contribution in [0.5, 0.6) is 5.88 Å². The summed E-state index contributed by atoms with van der Waals surface area (Å²) in [5, 5.41) is 13.0. The molecule has 1 heterocycles. The van der Waals surface area contributed by atoms with Crippen LogP contribution in [0.1, 0.15) is 32.5 Å². The fourth-order valence-electron chi connectivity index (χ4n) is 1.13. The molecule has 0 bridgehead atoms. The van der Waals surface area contributed by atoms with E-state index in [2.05, 4.69) is 12.0 Å². The summed E-state index contributed by atoms with van der Waals surface area (Å²) in [6.45, 7) is 6.15. The van der Waals surface area contributed by atoms with Gasteiger partial charge in [-0.1, -0.05) is 6.92 Å². The molecule has 0 aliphatic rings. The molecule has 0 aromatic carbocycles. The molecule has 0 radical (unpaired) electrons. The maximum Gasteiger partial charge on any atom is 0.230 e. The second kappa shape index (κ2) is 2.95. The van der Waals surface area contributed by atoms with Crippen LogP contribution in [-0.4, -0.2) is 14.9 Å². The van der Waals surface area contributed by atoms with Gasteiger partial charge in [0, 0.05) is 17.8 Å². The first kappa shape index (κ1) is 8.11. The third-order valence-electron chi connectivity index (χ3n) is 1.65. The second-order valence-electron chi connectivity index (χ2n) is 2.89. The van der Waals surface area contributed by atoms with Crippen LogP contribution < -0.4 is 0 Å². The predicted octanol–water partition coefficient (Wildman–Crippen LogP) is 1.73. The van der Waals surface area contributed by atoms with Gasteiger partial charge < -0.3 is 5.11 Å². The van der Waals surface area contributed by atoms with Crippen molar-refractivity contribution in [2.75, 3.05) is 0 Å². The molecule has 1 aromatic rings. The molecule has 0 saturated carbocycles. The molecule has 0 spiro atoms. The standard InChI is InChI=1S/C8H14N2O/c1-4-7-5-8(11)9-10(7)6(2)3/h5-6H,4H2,1-3H3,(H,9,11). The van der Waals surface area contributed by atoms with Gasteiger partial charge >= 0.3 is 0 Å². The Morgan fingerprint density at radius 2 is 2.27 bits per heavy atom. The molecular formula is C8H14N2O. The van der Waals surface area contributed by atoms with Crippen molar-refractivity contribution < 1.29 is 5.11 Å². The van der Waals surface area contributed by atoms with Crippen molar-refractivity contribution >= 4 is 0 Å². The highest BCUT2D eigenvalue weighted by atomic mass is 16.3. The number of nitrogens with zero attached hydrogens (tertiary/aromatic N) is 2. The first-order valence-electron chi connectivity index (χ1n) is 3.92. The first-order valence-corrected chi connectivity index (χ1v) is 3.92. The van der Waals surface area contributed by atoms with Gasteiger partial charge in [-0.05, 0) is 20.3 Å². The zero-order valence-electron chi connectivity index (χ0n) is 7.20. The molecule has 0 fully saturated rings. The Balaban J connectivity index is 3.02. The minimum absolute atomic E-state index is 0.121. The van der Waals surface area contributed by atoms with Gasteiger partial charge in [0.25, 0.3) is 0 Å². The Kier molecular flexibility index (Phi) is 2.17. The molecule has 3 nitrogen and oxygen atoms in total. The van der Waals surface area contributed by atoms with E-state index in [4.69, 9.17) is 5.11 Å². The Hall–Kier alpha value is -0.990. The van der Waals surface area contributed by atoms with E-state index >= 15 is 0 Å². The van der Waals surface area contributed by atoms with E-state index in [0.717, 1.165) is 12.1 Å². The van der Waals surface area contributed by atoms with E-state index in [1.165, 1.54) is 0 Å². The zero-order chi connectivity index (χ0) is 8.43. The molecular weight excluding hydrogens is 140 g/mol. The van der Waals surface area contributed by atoms with Crippen LogP contribution in [0.15, 0.2) is 6.07 Å². The minimum atomic E-state index is 0.121. The molecule has 0 aliphatic heterocycles. The summed E-state index contributed by atoms with van der Waals surface area (Å²) in [6.07, 6.45) is 0.908. The molecule has 0 atom stereocenters. The summed E-state index contributed by atoms with van der Waals surface area (Å²) >= 11 is 0. The second-order valence-corrected chi connectivity index (χ2v) is 2.89. The Labute approximate surface area is 66.7 Å². The highest BCUT2D eigenvalue weighted by Crippen LogP contribution is 2.15. The molecule has 62 valence electrons. The van der Waals surface area contributed by atoms with Crippen LogP contribution in [-0.2, 0) is 6.42 Å². The number of aryl methyl sites for hydroxylation is 1. The van der Waals surface area contributed by atoms with Crippen molar-refractivity contribution in [3.63, 3.8) is 0 Å². The first-order chi connectivity index (χ1) is 5.15. The average molecular weight is 154 g/mol. The van der Waals surface area contributed by atoms with Crippen LogP contribution >= 0.6 is 0 Å². The number of hydrogen-bond donors (Lipinski definition) is 1. The van der Waals surface area contributed by atoms with Crippen molar-refractivity contribution in [2.24, 2.45) is 0 Å². The number of rotatable bonds is 2. The van der Waals surface area contributed by atoms with Gasteiger partial charge in [-0.2, -0.15) is 0 Å². The number of aromatic nitrogens is 2. The van der Waals surface area contributed by atoms with Gasteiger partial charge in [0.05, 0.1) is 0 Å². The summed E-state index contributed by atoms with van der Waals surface area (Å²) in [4.78, 5) is 0. The zero-order valence-corrected chi connectivity index (χ0v) is 7.20. The maximum absolute atomic E-state index is 9.08. The van der Waals surface area contributed by atoms with Gasteiger partial charge in [0.1, 0.15) is 0 Å². The summed E-state index contributed by atoms with van der Waals surface area (Å²) < 4.78 is 1.84. The van der Waals surface area contributed by atoms with Crippen molar-refractivity contribution in [2.45, 2.75) is 33.2 Å². The summed E-state index contributed by atoms with van der Waals surface area (Å²) in [6, 6.07) is 2.03. The van der Waals surface area contributed by atoms with E-state index in [9.17, 15) is 0 Å². The SMILES string of the molecule is CCc1cc(O)nn1C(C)C. The Bertz CT molecular complexity index is 240. The highest BCUT2D eigenvalue weighted by molar-refractivity contribution is 5.14. The Morgan fingerprint density at radius 3 is 2.64 bits per heavy atom. The molecule has 0 unspecified atom stereocenters. The van der Waals surface area contributed by atoms with Crippen molar-refractivity contribution in [3.05, 3.63) is 11.8 Å². The van der Waals surface area contributed by atoms with E-state index in [-0.39, 0.29) is 5.88 Å². The molecule has 1 rings (SSSR count). The summed E-state index contributed by atoms with van der Waals surface area (Å²) in [5.41, 5.74) is 1.08. The van der Waals surface area contributed by atoms with Crippen molar-refractivity contribution in [3.8, 4) is 5.88 Å². The van der Waals surface area contributed by atoms with Gasteiger partial charge in [0.15, 0.2) is 0 Å². The normalized spacial score (nSPS) is 10.9. The van der Waals surface area contributed by atoms with Gasteiger partial charge in [-0.15, -0.1) is 5.10 Å². The third kappa shape index (κ3) is 1.53. The molecule has 0 aliphatic carbocycles. The fourth-order valence-corrected chi connectivity index (χ4v) is 1.13. The monoisotopic (exact) mass is 154 g/mol.